The van der Waals surface area contributed by atoms with Crippen LogP contribution in [0.1, 0.15) is 19.3 Å². The van der Waals surface area contributed by atoms with E-state index in [4.69, 9.17) is 4.74 Å². The molecule has 1 aliphatic carbocycles. The maximum absolute atomic E-state index is 5.37. The second kappa shape index (κ2) is 4.94. The van der Waals surface area contributed by atoms with E-state index < -0.39 is 0 Å². The third-order valence-electron chi connectivity index (χ3n) is 2.82. The number of ether oxygens (including phenoxy) is 1. The summed E-state index contributed by atoms with van der Waals surface area (Å²) in [7, 11) is 0. The molecule has 0 aromatic rings. The van der Waals surface area contributed by atoms with Gasteiger partial charge in [-0.2, -0.15) is 0 Å². The second-order valence-corrected chi connectivity index (χ2v) is 4.16. The number of nitrogens with one attached hydrogen (secondary N) is 2. The minimum atomic E-state index is 0.535. The highest BCUT2D eigenvalue weighted by molar-refractivity contribution is 4.76. The molecule has 1 saturated heterocycles. The van der Waals surface area contributed by atoms with Crippen LogP contribution in [0.5, 0.6) is 0 Å². The van der Waals surface area contributed by atoms with Gasteiger partial charge in [0.25, 0.3) is 0 Å². The van der Waals surface area contributed by atoms with E-state index in [-0.39, 0.29) is 0 Å². The molecule has 0 amide bonds. The molecule has 1 atom stereocenters. The molecule has 0 aromatic carbocycles. The maximum atomic E-state index is 5.37. The highest BCUT2D eigenvalue weighted by Crippen LogP contribution is 2.31. The molecule has 13 heavy (non-hydrogen) atoms. The Labute approximate surface area is 80.2 Å². The molecule has 1 aliphatic heterocycles. The fourth-order valence-electron chi connectivity index (χ4n) is 1.74. The van der Waals surface area contributed by atoms with Crippen LogP contribution in [0.2, 0.25) is 0 Å². The molecule has 1 heterocycles. The summed E-state index contributed by atoms with van der Waals surface area (Å²) in [6.45, 7) is 5.00. The molecule has 2 fully saturated rings. The lowest BCUT2D eigenvalue weighted by Crippen LogP contribution is -2.47. The van der Waals surface area contributed by atoms with Gasteiger partial charge in [-0.1, -0.05) is 12.8 Å². The molecule has 3 nitrogen and oxygen atoms in total. The van der Waals surface area contributed by atoms with Gasteiger partial charge in [-0.15, -0.1) is 0 Å². The van der Waals surface area contributed by atoms with Crippen molar-refractivity contribution in [3.8, 4) is 0 Å². The van der Waals surface area contributed by atoms with Crippen LogP contribution in [0.15, 0.2) is 0 Å². The third kappa shape index (κ3) is 3.63. The Morgan fingerprint density at radius 3 is 3.00 bits per heavy atom. The van der Waals surface area contributed by atoms with Gasteiger partial charge in [0.2, 0.25) is 0 Å². The van der Waals surface area contributed by atoms with Crippen molar-refractivity contribution in [1.82, 2.24) is 10.6 Å². The molecule has 3 heteroatoms. The van der Waals surface area contributed by atoms with Crippen LogP contribution in [-0.4, -0.2) is 38.9 Å². The van der Waals surface area contributed by atoms with E-state index in [9.17, 15) is 0 Å². The number of hydrogen-bond donors (Lipinski definition) is 2. The summed E-state index contributed by atoms with van der Waals surface area (Å²) in [5.74, 6) is 1.04. The monoisotopic (exact) mass is 184 g/mol. The Bertz CT molecular complexity index is 142. The number of rotatable bonds is 5. The molecular weight excluding hydrogens is 164 g/mol. The molecule has 76 valence electrons. The summed E-state index contributed by atoms with van der Waals surface area (Å²) in [5.41, 5.74) is 0. The minimum absolute atomic E-state index is 0.535. The van der Waals surface area contributed by atoms with E-state index in [1.807, 2.05) is 0 Å². The topological polar surface area (TPSA) is 33.3 Å². The highest BCUT2D eigenvalue weighted by atomic mass is 16.5. The lowest BCUT2D eigenvalue weighted by Gasteiger charge is -2.23. The Morgan fingerprint density at radius 1 is 1.38 bits per heavy atom. The summed E-state index contributed by atoms with van der Waals surface area (Å²) >= 11 is 0. The van der Waals surface area contributed by atoms with Crippen LogP contribution in [-0.2, 0) is 4.74 Å². The van der Waals surface area contributed by atoms with E-state index in [0.717, 1.165) is 32.2 Å². The van der Waals surface area contributed by atoms with Gasteiger partial charge in [0.1, 0.15) is 0 Å². The minimum Gasteiger partial charge on any atom is -0.378 e. The van der Waals surface area contributed by atoms with Crippen molar-refractivity contribution < 1.29 is 4.74 Å². The van der Waals surface area contributed by atoms with Crippen molar-refractivity contribution in [2.75, 3.05) is 32.8 Å². The van der Waals surface area contributed by atoms with Crippen LogP contribution in [0, 0.1) is 5.92 Å². The molecule has 1 saturated carbocycles. The van der Waals surface area contributed by atoms with Gasteiger partial charge in [-0.05, 0) is 18.9 Å². The van der Waals surface area contributed by atoms with Gasteiger partial charge in [0, 0.05) is 19.1 Å². The van der Waals surface area contributed by atoms with Crippen molar-refractivity contribution >= 4 is 0 Å². The summed E-state index contributed by atoms with van der Waals surface area (Å²) in [4.78, 5) is 0. The van der Waals surface area contributed by atoms with Crippen LogP contribution in [0.4, 0.5) is 0 Å². The zero-order valence-corrected chi connectivity index (χ0v) is 8.22. The molecule has 1 unspecified atom stereocenters. The molecule has 0 bridgehead atoms. The second-order valence-electron chi connectivity index (χ2n) is 4.16. The smallest absolute Gasteiger partial charge is 0.0632 e. The van der Waals surface area contributed by atoms with Crippen LogP contribution in [0.3, 0.4) is 0 Å². The summed E-state index contributed by atoms with van der Waals surface area (Å²) in [5, 5.41) is 6.92. The molecule has 2 rings (SSSR count). The average molecular weight is 184 g/mol. The SMILES string of the molecule is C(CC1CC1)NCC1COCCN1. The van der Waals surface area contributed by atoms with Gasteiger partial charge in [0.15, 0.2) is 0 Å². The molecule has 2 N–H and O–H groups in total. The summed E-state index contributed by atoms with van der Waals surface area (Å²) in [6.07, 6.45) is 4.30. The number of morpholine rings is 1. The Kier molecular flexibility index (Phi) is 3.58. The zero-order valence-electron chi connectivity index (χ0n) is 8.22. The van der Waals surface area contributed by atoms with E-state index in [1.165, 1.54) is 25.8 Å². The fraction of sp³-hybridized carbons (Fsp3) is 1.00. The Balaban J connectivity index is 1.46. The fourth-order valence-corrected chi connectivity index (χ4v) is 1.74. The van der Waals surface area contributed by atoms with Crippen molar-refractivity contribution in [3.63, 3.8) is 0 Å². The third-order valence-corrected chi connectivity index (χ3v) is 2.82. The van der Waals surface area contributed by atoms with Crippen LogP contribution >= 0.6 is 0 Å². The van der Waals surface area contributed by atoms with Gasteiger partial charge in [0.05, 0.1) is 13.2 Å². The predicted molar refractivity (Wildman–Crippen MR) is 52.8 cm³/mol. The summed E-state index contributed by atoms with van der Waals surface area (Å²) in [6, 6.07) is 0.535. The van der Waals surface area contributed by atoms with Gasteiger partial charge in [-0.3, -0.25) is 0 Å². The molecule has 2 aliphatic rings. The molecule has 0 spiro atoms. The predicted octanol–water partition coefficient (Wildman–Crippen LogP) is 0.365. The van der Waals surface area contributed by atoms with Gasteiger partial charge in [-0.25, -0.2) is 0 Å². The quantitative estimate of drug-likeness (QED) is 0.605. The van der Waals surface area contributed by atoms with E-state index in [1.54, 1.807) is 0 Å². The summed E-state index contributed by atoms with van der Waals surface area (Å²) < 4.78 is 5.37. The normalized spacial score (nSPS) is 29.1. The lowest BCUT2D eigenvalue weighted by atomic mass is 10.2. The van der Waals surface area contributed by atoms with Crippen molar-refractivity contribution in [2.45, 2.75) is 25.3 Å². The van der Waals surface area contributed by atoms with Crippen LogP contribution in [0.25, 0.3) is 0 Å². The largest absolute Gasteiger partial charge is 0.378 e. The van der Waals surface area contributed by atoms with Crippen LogP contribution < -0.4 is 10.6 Å². The van der Waals surface area contributed by atoms with Crippen molar-refractivity contribution in [1.29, 1.82) is 0 Å². The molecule has 0 radical (unpaired) electrons. The first kappa shape index (κ1) is 9.44. The first-order chi connectivity index (χ1) is 6.45. The lowest BCUT2D eigenvalue weighted by molar-refractivity contribution is 0.0767. The molecular formula is C10H20N2O. The van der Waals surface area contributed by atoms with Crippen molar-refractivity contribution in [3.05, 3.63) is 0 Å². The van der Waals surface area contributed by atoms with E-state index in [0.29, 0.717) is 6.04 Å². The highest BCUT2D eigenvalue weighted by Gasteiger charge is 2.20. The Morgan fingerprint density at radius 2 is 2.31 bits per heavy atom. The van der Waals surface area contributed by atoms with Gasteiger partial charge < -0.3 is 15.4 Å². The van der Waals surface area contributed by atoms with E-state index >= 15 is 0 Å². The Hall–Kier alpha value is -0.120. The van der Waals surface area contributed by atoms with E-state index in [2.05, 4.69) is 10.6 Å². The first-order valence-electron chi connectivity index (χ1n) is 5.47. The molecule has 0 aromatic heterocycles. The zero-order chi connectivity index (χ0) is 8.93. The number of hydrogen-bond acceptors (Lipinski definition) is 3. The average Bonchev–Trinajstić information content (AvgIpc) is 2.98. The van der Waals surface area contributed by atoms with Gasteiger partial charge >= 0.3 is 0 Å². The first-order valence-corrected chi connectivity index (χ1v) is 5.47. The standard InChI is InChI=1S/C10H20N2O/c1-2-9(1)3-4-11-7-10-8-13-6-5-12-10/h9-12H,1-8H2. The maximum Gasteiger partial charge on any atom is 0.0632 e. The van der Waals surface area contributed by atoms with Crippen molar-refractivity contribution in [2.24, 2.45) is 5.92 Å².